The van der Waals surface area contributed by atoms with Gasteiger partial charge in [-0.25, -0.2) is 0 Å². The summed E-state index contributed by atoms with van der Waals surface area (Å²) in [6, 6.07) is 0. The summed E-state index contributed by atoms with van der Waals surface area (Å²) in [4.78, 5) is 2.01. The molecule has 0 saturated carbocycles. The van der Waals surface area contributed by atoms with Gasteiger partial charge in [-0.05, 0) is 13.8 Å². The highest BCUT2D eigenvalue weighted by molar-refractivity contribution is 8.10. The molecule has 0 spiro atoms. The molecule has 0 rings (SSSR count). The van der Waals surface area contributed by atoms with E-state index in [1.165, 1.54) is 0 Å². The highest BCUT2D eigenvalue weighted by atomic mass is 32.1. The molecule has 0 bridgehead atoms. The van der Waals surface area contributed by atoms with Crippen LogP contribution in [0.5, 0.6) is 0 Å². The van der Waals surface area contributed by atoms with Gasteiger partial charge in [-0.2, -0.15) is 0 Å². The first-order valence-electron chi connectivity index (χ1n) is 3.20. The lowest BCUT2D eigenvalue weighted by atomic mass is 10.6. The fraction of sp³-hybridized carbons (Fsp3) is 0.571. The van der Waals surface area contributed by atoms with Crippen LogP contribution in [-0.4, -0.2) is 22.3 Å². The molecule has 10 heavy (non-hydrogen) atoms. The summed E-state index contributed by atoms with van der Waals surface area (Å²) in [6.45, 7) is 12.0. The van der Waals surface area contributed by atoms with Gasteiger partial charge in [0.1, 0.15) is 4.32 Å². The van der Waals surface area contributed by atoms with E-state index in [4.69, 9.17) is 12.2 Å². The van der Waals surface area contributed by atoms with Crippen LogP contribution in [0.25, 0.3) is 0 Å². The van der Waals surface area contributed by atoms with Gasteiger partial charge < -0.3 is 4.90 Å². The van der Waals surface area contributed by atoms with Crippen molar-refractivity contribution in [1.82, 2.24) is 4.90 Å². The van der Waals surface area contributed by atoms with Crippen molar-refractivity contribution in [2.45, 2.75) is 13.8 Å². The fourth-order valence-electron chi connectivity index (χ4n) is 0.494. The van der Waals surface area contributed by atoms with E-state index in [9.17, 15) is 0 Å². The highest BCUT2D eigenvalue weighted by Crippen LogP contribution is 1.93. The Morgan fingerprint density at radius 1 is 1.40 bits per heavy atom. The van der Waals surface area contributed by atoms with E-state index in [0.29, 0.717) is 4.32 Å². The molecule has 0 unspecified atom stereocenters. The number of thiol groups is 1. The molecule has 0 N–H and O–H groups in total. The second kappa shape index (κ2) is 8.98. The molecule has 0 radical (unpaired) electrons. The quantitative estimate of drug-likeness (QED) is 0.392. The van der Waals surface area contributed by atoms with Gasteiger partial charge in [0.15, 0.2) is 0 Å². The lowest BCUT2D eigenvalue weighted by Crippen LogP contribution is -2.24. The predicted molar refractivity (Wildman–Crippen MR) is 55.8 cm³/mol. The van der Waals surface area contributed by atoms with E-state index in [1.54, 1.807) is 0 Å². The van der Waals surface area contributed by atoms with E-state index in [2.05, 4.69) is 39.6 Å². The lowest BCUT2D eigenvalue weighted by molar-refractivity contribution is 0.482. The van der Waals surface area contributed by atoms with Crippen LogP contribution in [0.4, 0.5) is 0 Å². The van der Waals surface area contributed by atoms with Gasteiger partial charge in [0, 0.05) is 13.1 Å². The first-order chi connectivity index (χ1) is 4.72. The van der Waals surface area contributed by atoms with Crippen molar-refractivity contribution in [2.75, 3.05) is 13.1 Å². The van der Waals surface area contributed by atoms with Gasteiger partial charge >= 0.3 is 0 Å². The Balaban J connectivity index is 0. The maximum absolute atomic E-state index is 4.81. The number of thiocarbonyl (C=S) groups is 1. The largest absolute Gasteiger partial charge is 0.358 e. The monoisotopic (exact) mass is 177 g/mol. The summed E-state index contributed by atoms with van der Waals surface area (Å²) in [5, 5.41) is 0. The molecule has 0 aliphatic rings. The normalized spacial score (nSPS) is 7.50. The lowest BCUT2D eigenvalue weighted by Gasteiger charge is -2.16. The Hall–Kier alpha value is -0.0200. The summed E-state index contributed by atoms with van der Waals surface area (Å²) >= 11 is 8.82. The topological polar surface area (TPSA) is 3.24 Å². The molecular formula is C7H15NS2. The number of rotatable bonds is 2. The highest BCUT2D eigenvalue weighted by Gasteiger charge is 1.96. The number of nitrogens with zero attached hydrogens (tertiary/aromatic N) is 1. The first kappa shape index (κ1) is 12.6. The van der Waals surface area contributed by atoms with Crippen LogP contribution in [0.3, 0.4) is 0 Å². The van der Waals surface area contributed by atoms with Gasteiger partial charge in [-0.1, -0.05) is 12.2 Å². The zero-order valence-corrected chi connectivity index (χ0v) is 8.34. The Morgan fingerprint density at radius 2 is 1.70 bits per heavy atom. The Morgan fingerprint density at radius 3 is 1.70 bits per heavy atom. The third-order valence-corrected chi connectivity index (χ3v) is 1.58. The predicted octanol–water partition coefficient (Wildman–Crippen LogP) is 2.35. The van der Waals surface area contributed by atoms with Crippen molar-refractivity contribution in [2.24, 2.45) is 0 Å². The van der Waals surface area contributed by atoms with E-state index in [-0.39, 0.29) is 0 Å². The molecule has 0 atom stereocenters. The molecule has 0 amide bonds. The summed E-state index contributed by atoms with van der Waals surface area (Å²) in [6.07, 6.45) is 0. The maximum atomic E-state index is 4.81. The van der Waals surface area contributed by atoms with Gasteiger partial charge in [0.05, 0.1) is 0 Å². The van der Waals surface area contributed by atoms with E-state index >= 15 is 0 Å². The molecule has 1 nitrogen and oxygen atoms in total. The Bertz CT molecular complexity index is 89.6. The van der Waals surface area contributed by atoms with Crippen molar-refractivity contribution >= 4 is 29.2 Å². The number of hydrogen-bond donors (Lipinski definition) is 1. The van der Waals surface area contributed by atoms with Crippen LogP contribution < -0.4 is 0 Å². The zero-order chi connectivity index (χ0) is 8.57. The second-order valence-corrected chi connectivity index (χ2v) is 2.57. The van der Waals surface area contributed by atoms with Crippen LogP contribution >= 0.6 is 24.8 Å². The van der Waals surface area contributed by atoms with Gasteiger partial charge in [-0.3, -0.25) is 0 Å². The molecule has 0 heterocycles. The van der Waals surface area contributed by atoms with Crippen molar-refractivity contribution in [3.8, 4) is 0 Å². The van der Waals surface area contributed by atoms with E-state index in [1.807, 2.05) is 4.90 Å². The van der Waals surface area contributed by atoms with Crippen molar-refractivity contribution < 1.29 is 0 Å². The molecule has 0 aromatic heterocycles. The van der Waals surface area contributed by atoms with Crippen LogP contribution in [0, 0.1) is 0 Å². The molecular weight excluding hydrogens is 162 g/mol. The SMILES string of the molecule is C=C.CCN(CC)C(=S)S. The van der Waals surface area contributed by atoms with Crippen LogP contribution in [0.2, 0.25) is 0 Å². The first-order valence-corrected chi connectivity index (χ1v) is 4.05. The molecule has 0 aliphatic carbocycles. The summed E-state index contributed by atoms with van der Waals surface area (Å²) in [5.74, 6) is 0. The minimum Gasteiger partial charge on any atom is -0.358 e. The van der Waals surface area contributed by atoms with Gasteiger partial charge in [0.2, 0.25) is 0 Å². The summed E-state index contributed by atoms with van der Waals surface area (Å²) < 4.78 is 0.690. The zero-order valence-electron chi connectivity index (χ0n) is 6.63. The van der Waals surface area contributed by atoms with Crippen LogP contribution in [0.1, 0.15) is 13.8 Å². The Kier molecular flexibility index (Phi) is 11.3. The summed E-state index contributed by atoms with van der Waals surface area (Å²) in [7, 11) is 0. The van der Waals surface area contributed by atoms with Crippen molar-refractivity contribution in [3.05, 3.63) is 13.2 Å². The number of hydrogen-bond acceptors (Lipinski definition) is 1. The smallest absolute Gasteiger partial charge is 0.133 e. The van der Waals surface area contributed by atoms with E-state index < -0.39 is 0 Å². The van der Waals surface area contributed by atoms with Crippen molar-refractivity contribution in [1.29, 1.82) is 0 Å². The standard InChI is InChI=1S/C5H11NS2.C2H4/c1-3-6(4-2)5(7)8;1-2/h3-4H2,1-2H3,(H,7,8);1-2H2. The molecule has 3 heteroatoms. The molecule has 60 valence electrons. The second-order valence-electron chi connectivity index (χ2n) is 1.45. The molecule has 0 aromatic rings. The molecule has 0 saturated heterocycles. The van der Waals surface area contributed by atoms with Gasteiger partial charge in [-0.15, -0.1) is 25.8 Å². The van der Waals surface area contributed by atoms with E-state index in [0.717, 1.165) is 13.1 Å². The van der Waals surface area contributed by atoms with Gasteiger partial charge in [0.25, 0.3) is 0 Å². The third kappa shape index (κ3) is 6.11. The minimum absolute atomic E-state index is 0.690. The van der Waals surface area contributed by atoms with Crippen LogP contribution in [-0.2, 0) is 0 Å². The van der Waals surface area contributed by atoms with Crippen LogP contribution in [0.15, 0.2) is 13.2 Å². The van der Waals surface area contributed by atoms with Crippen molar-refractivity contribution in [3.63, 3.8) is 0 Å². The Labute approximate surface area is 74.5 Å². The fourth-order valence-corrected chi connectivity index (χ4v) is 1.04. The molecule has 0 aliphatic heterocycles. The molecule has 0 fully saturated rings. The minimum atomic E-state index is 0.690. The average molecular weight is 177 g/mol. The maximum Gasteiger partial charge on any atom is 0.133 e. The summed E-state index contributed by atoms with van der Waals surface area (Å²) in [5.41, 5.74) is 0. The molecule has 0 aromatic carbocycles. The average Bonchev–Trinajstić information content (AvgIpc) is 1.94. The third-order valence-electron chi connectivity index (χ3n) is 1.03.